The zero-order valence-electron chi connectivity index (χ0n) is 15.4. The molecule has 0 aliphatic carbocycles. The molecule has 0 saturated heterocycles. The third-order valence-corrected chi connectivity index (χ3v) is 4.42. The number of fused-ring (bicyclic) bond motifs is 1. The van der Waals surface area contributed by atoms with Crippen molar-refractivity contribution in [3.63, 3.8) is 0 Å². The van der Waals surface area contributed by atoms with Crippen LogP contribution in [0, 0.1) is 0 Å². The third-order valence-electron chi connectivity index (χ3n) is 4.42. The first-order valence-electron chi connectivity index (χ1n) is 8.76. The van der Waals surface area contributed by atoms with Crippen molar-refractivity contribution in [2.24, 2.45) is 5.73 Å². The monoisotopic (exact) mass is 372 g/mol. The Kier molecular flexibility index (Phi) is 5.71. The van der Waals surface area contributed by atoms with Crippen molar-refractivity contribution in [3.8, 4) is 23.0 Å². The van der Waals surface area contributed by atoms with Gasteiger partial charge in [0.15, 0.2) is 11.5 Å². The summed E-state index contributed by atoms with van der Waals surface area (Å²) in [5.74, 6) is 1.98. The smallest absolute Gasteiger partial charge is 0.237 e. The lowest BCUT2D eigenvalue weighted by atomic mass is 10.0. The van der Waals surface area contributed by atoms with Crippen molar-refractivity contribution >= 4 is 5.91 Å². The summed E-state index contributed by atoms with van der Waals surface area (Å²) in [5.41, 5.74) is 7.83. The number of nitrogens with two attached hydrogens (primary N) is 1. The van der Waals surface area contributed by atoms with Crippen molar-refractivity contribution in [1.82, 2.24) is 5.32 Å². The SMILES string of the molecule is COc1cc2c(cc1CC(C)NC(=O)C(N)Cc1ccc(O)cc1)OCO2. The van der Waals surface area contributed by atoms with Crippen LogP contribution in [0.5, 0.6) is 23.0 Å². The Balaban J connectivity index is 1.59. The van der Waals surface area contributed by atoms with Crippen LogP contribution in [0.1, 0.15) is 18.1 Å². The van der Waals surface area contributed by atoms with Crippen molar-refractivity contribution in [1.29, 1.82) is 0 Å². The van der Waals surface area contributed by atoms with Gasteiger partial charge in [0.05, 0.1) is 13.2 Å². The normalized spacial score (nSPS) is 14.5. The number of hydrogen-bond donors (Lipinski definition) is 3. The highest BCUT2D eigenvalue weighted by Crippen LogP contribution is 2.38. The van der Waals surface area contributed by atoms with Gasteiger partial charge in [-0.25, -0.2) is 0 Å². The maximum Gasteiger partial charge on any atom is 0.237 e. The van der Waals surface area contributed by atoms with E-state index in [2.05, 4.69) is 5.32 Å². The van der Waals surface area contributed by atoms with Crippen LogP contribution in [0.3, 0.4) is 0 Å². The molecule has 0 saturated carbocycles. The van der Waals surface area contributed by atoms with Crippen LogP contribution in [0.15, 0.2) is 36.4 Å². The summed E-state index contributed by atoms with van der Waals surface area (Å²) in [4.78, 5) is 12.4. The molecule has 27 heavy (non-hydrogen) atoms. The van der Waals surface area contributed by atoms with Gasteiger partial charge in [-0.1, -0.05) is 12.1 Å². The number of ether oxygens (including phenoxy) is 3. The molecule has 2 unspecified atom stereocenters. The van der Waals surface area contributed by atoms with Gasteiger partial charge in [-0.15, -0.1) is 0 Å². The fourth-order valence-corrected chi connectivity index (χ4v) is 3.02. The molecule has 1 heterocycles. The van der Waals surface area contributed by atoms with E-state index in [1.165, 1.54) is 0 Å². The van der Waals surface area contributed by atoms with Gasteiger partial charge in [0.2, 0.25) is 12.7 Å². The van der Waals surface area contributed by atoms with Gasteiger partial charge in [0, 0.05) is 17.7 Å². The van der Waals surface area contributed by atoms with Crippen molar-refractivity contribution in [2.75, 3.05) is 13.9 Å². The number of carbonyl (C=O) groups excluding carboxylic acids is 1. The molecule has 0 fully saturated rings. The summed E-state index contributed by atoms with van der Waals surface area (Å²) in [7, 11) is 1.60. The standard InChI is InChI=1S/C20H24N2O5/c1-12(7-14-9-18-19(27-11-26-18)10-17(14)25-2)22-20(24)16(21)8-13-3-5-15(23)6-4-13/h3-6,9-10,12,16,23H,7-8,11,21H2,1-2H3,(H,22,24). The van der Waals surface area contributed by atoms with Gasteiger partial charge >= 0.3 is 0 Å². The molecule has 2 aromatic carbocycles. The van der Waals surface area contributed by atoms with Crippen LogP contribution >= 0.6 is 0 Å². The summed E-state index contributed by atoms with van der Waals surface area (Å²) < 4.78 is 16.2. The van der Waals surface area contributed by atoms with Crippen LogP contribution < -0.4 is 25.3 Å². The topological polar surface area (TPSA) is 103 Å². The molecular weight excluding hydrogens is 348 g/mol. The Bertz CT molecular complexity index is 807. The number of aromatic hydroxyl groups is 1. The molecule has 4 N–H and O–H groups in total. The second-order valence-electron chi connectivity index (χ2n) is 6.61. The van der Waals surface area contributed by atoms with Gasteiger partial charge in [-0.3, -0.25) is 4.79 Å². The first kappa shape index (κ1) is 18.8. The van der Waals surface area contributed by atoms with Crippen LogP contribution in [-0.4, -0.2) is 37.0 Å². The minimum absolute atomic E-state index is 0.141. The van der Waals surface area contributed by atoms with Crippen molar-refractivity contribution in [2.45, 2.75) is 31.8 Å². The molecule has 2 aromatic rings. The van der Waals surface area contributed by atoms with Gasteiger partial charge in [-0.05, 0) is 43.5 Å². The first-order valence-corrected chi connectivity index (χ1v) is 8.76. The molecule has 1 aliphatic rings. The first-order chi connectivity index (χ1) is 13.0. The summed E-state index contributed by atoms with van der Waals surface area (Å²) in [6, 6.07) is 9.52. The minimum Gasteiger partial charge on any atom is -0.508 e. The average Bonchev–Trinajstić information content (AvgIpc) is 3.10. The Labute approximate surface area is 158 Å². The third kappa shape index (κ3) is 4.62. The zero-order chi connectivity index (χ0) is 19.4. The number of rotatable bonds is 7. The van der Waals surface area contributed by atoms with E-state index in [0.29, 0.717) is 30.1 Å². The average molecular weight is 372 g/mol. The number of nitrogens with one attached hydrogen (secondary N) is 1. The van der Waals surface area contributed by atoms with Gasteiger partial charge in [-0.2, -0.15) is 0 Å². The number of benzene rings is 2. The van der Waals surface area contributed by atoms with Crippen LogP contribution in [0.4, 0.5) is 0 Å². The van der Waals surface area contributed by atoms with E-state index < -0.39 is 6.04 Å². The lowest BCUT2D eigenvalue weighted by molar-refractivity contribution is -0.122. The molecule has 144 valence electrons. The fourth-order valence-electron chi connectivity index (χ4n) is 3.02. The van der Waals surface area contributed by atoms with Crippen LogP contribution in [0.2, 0.25) is 0 Å². The molecule has 0 aromatic heterocycles. The number of phenols is 1. The fraction of sp³-hybridized carbons (Fsp3) is 0.350. The number of phenolic OH excluding ortho intramolecular Hbond substituents is 1. The van der Waals surface area contributed by atoms with E-state index in [0.717, 1.165) is 11.1 Å². The van der Waals surface area contributed by atoms with Crippen molar-refractivity contribution in [3.05, 3.63) is 47.5 Å². The Morgan fingerprint density at radius 2 is 1.89 bits per heavy atom. The maximum absolute atomic E-state index is 12.4. The molecule has 1 aliphatic heterocycles. The maximum atomic E-state index is 12.4. The molecule has 0 radical (unpaired) electrons. The highest BCUT2D eigenvalue weighted by atomic mass is 16.7. The summed E-state index contributed by atoms with van der Waals surface area (Å²) >= 11 is 0. The molecule has 1 amide bonds. The van der Waals surface area contributed by atoms with E-state index in [1.807, 2.05) is 13.0 Å². The number of hydrogen-bond acceptors (Lipinski definition) is 6. The molecule has 0 bridgehead atoms. The Morgan fingerprint density at radius 3 is 2.56 bits per heavy atom. The molecule has 7 nitrogen and oxygen atoms in total. The van der Waals surface area contributed by atoms with Crippen LogP contribution in [0.25, 0.3) is 0 Å². The summed E-state index contributed by atoms with van der Waals surface area (Å²) in [6.07, 6.45) is 0.962. The molecule has 3 rings (SSSR count). The molecule has 7 heteroatoms. The lowest BCUT2D eigenvalue weighted by Gasteiger charge is -2.19. The second kappa shape index (κ2) is 8.18. The Hall–Kier alpha value is -2.93. The van der Waals surface area contributed by atoms with Gasteiger partial charge in [0.1, 0.15) is 11.5 Å². The van der Waals surface area contributed by atoms with E-state index in [-0.39, 0.29) is 24.5 Å². The van der Waals surface area contributed by atoms with Gasteiger partial charge in [0.25, 0.3) is 0 Å². The molecular formula is C20H24N2O5. The zero-order valence-corrected chi connectivity index (χ0v) is 15.4. The van der Waals surface area contributed by atoms with E-state index >= 15 is 0 Å². The highest BCUT2D eigenvalue weighted by molar-refractivity contribution is 5.82. The van der Waals surface area contributed by atoms with Crippen LogP contribution in [-0.2, 0) is 17.6 Å². The molecule has 2 atom stereocenters. The van der Waals surface area contributed by atoms with Crippen molar-refractivity contribution < 1.29 is 24.1 Å². The van der Waals surface area contributed by atoms with Gasteiger partial charge < -0.3 is 30.4 Å². The van der Waals surface area contributed by atoms with E-state index in [4.69, 9.17) is 19.9 Å². The summed E-state index contributed by atoms with van der Waals surface area (Å²) in [6.45, 7) is 2.11. The number of carbonyl (C=O) groups is 1. The second-order valence-corrected chi connectivity index (χ2v) is 6.61. The Morgan fingerprint density at radius 1 is 1.22 bits per heavy atom. The summed E-state index contributed by atoms with van der Waals surface area (Å²) in [5, 5.41) is 12.3. The largest absolute Gasteiger partial charge is 0.508 e. The van der Waals surface area contributed by atoms with E-state index in [1.54, 1.807) is 37.4 Å². The minimum atomic E-state index is -0.671. The quantitative estimate of drug-likeness (QED) is 0.684. The number of amides is 1. The van der Waals surface area contributed by atoms with E-state index in [9.17, 15) is 9.90 Å². The predicted molar refractivity (Wildman–Crippen MR) is 100 cm³/mol. The highest BCUT2D eigenvalue weighted by Gasteiger charge is 2.21. The lowest BCUT2D eigenvalue weighted by Crippen LogP contribution is -2.46. The number of methoxy groups -OCH3 is 1. The molecule has 0 spiro atoms. The predicted octanol–water partition coefficient (Wildman–Crippen LogP) is 1.75.